The van der Waals surface area contributed by atoms with Crippen LogP contribution in [0.4, 0.5) is 0 Å². The molecule has 0 amide bonds. The monoisotopic (exact) mass is 244 g/mol. The quantitative estimate of drug-likeness (QED) is 0.827. The van der Waals surface area contributed by atoms with Crippen molar-refractivity contribution < 1.29 is 4.74 Å². The SMILES string of the molecule is Cc1ccc(C)c(OCc2nnnn2C2CC2)c1. The molecule has 1 aliphatic rings. The van der Waals surface area contributed by atoms with Crippen LogP contribution in [-0.2, 0) is 6.61 Å². The molecular formula is C13H16N4O. The zero-order valence-electron chi connectivity index (χ0n) is 10.6. The molecular weight excluding hydrogens is 228 g/mol. The highest BCUT2D eigenvalue weighted by molar-refractivity contribution is 5.35. The van der Waals surface area contributed by atoms with E-state index in [1.807, 2.05) is 17.7 Å². The van der Waals surface area contributed by atoms with Crippen molar-refractivity contribution in [1.82, 2.24) is 20.2 Å². The fourth-order valence-corrected chi connectivity index (χ4v) is 1.92. The minimum absolute atomic E-state index is 0.424. The molecule has 0 bridgehead atoms. The molecule has 5 heteroatoms. The van der Waals surface area contributed by atoms with Crippen LogP contribution >= 0.6 is 0 Å². The molecule has 94 valence electrons. The average molecular weight is 244 g/mol. The van der Waals surface area contributed by atoms with Crippen molar-refractivity contribution in [1.29, 1.82) is 0 Å². The number of nitrogens with zero attached hydrogens (tertiary/aromatic N) is 4. The summed E-state index contributed by atoms with van der Waals surface area (Å²) in [7, 11) is 0. The van der Waals surface area contributed by atoms with Crippen LogP contribution in [0.25, 0.3) is 0 Å². The largest absolute Gasteiger partial charge is 0.485 e. The molecule has 0 saturated heterocycles. The van der Waals surface area contributed by atoms with Gasteiger partial charge in [0.25, 0.3) is 0 Å². The molecule has 1 aromatic carbocycles. The van der Waals surface area contributed by atoms with Crippen molar-refractivity contribution in [3.8, 4) is 5.75 Å². The topological polar surface area (TPSA) is 52.8 Å². The van der Waals surface area contributed by atoms with Crippen LogP contribution in [0.5, 0.6) is 5.75 Å². The smallest absolute Gasteiger partial charge is 0.189 e. The maximum atomic E-state index is 5.82. The van der Waals surface area contributed by atoms with Crippen LogP contribution in [0.2, 0.25) is 0 Å². The first-order valence-electron chi connectivity index (χ1n) is 6.21. The molecule has 0 unspecified atom stereocenters. The van der Waals surface area contributed by atoms with Gasteiger partial charge in [-0.05, 0) is 54.3 Å². The molecule has 0 aliphatic heterocycles. The Bertz CT molecular complexity index is 560. The van der Waals surface area contributed by atoms with Gasteiger partial charge >= 0.3 is 0 Å². The van der Waals surface area contributed by atoms with E-state index in [4.69, 9.17) is 4.74 Å². The summed E-state index contributed by atoms with van der Waals surface area (Å²) >= 11 is 0. The van der Waals surface area contributed by atoms with E-state index in [-0.39, 0.29) is 0 Å². The Morgan fingerprint density at radius 1 is 1.33 bits per heavy atom. The van der Waals surface area contributed by atoms with Crippen molar-refractivity contribution in [3.05, 3.63) is 35.2 Å². The van der Waals surface area contributed by atoms with E-state index in [0.717, 1.165) is 17.1 Å². The van der Waals surface area contributed by atoms with Crippen LogP contribution in [0.1, 0.15) is 35.8 Å². The predicted molar refractivity (Wildman–Crippen MR) is 66.3 cm³/mol. The first kappa shape index (κ1) is 11.2. The van der Waals surface area contributed by atoms with E-state index < -0.39 is 0 Å². The molecule has 2 aromatic rings. The molecule has 1 fully saturated rings. The molecule has 1 saturated carbocycles. The lowest BCUT2D eigenvalue weighted by Gasteiger charge is -2.09. The fraction of sp³-hybridized carbons (Fsp3) is 0.462. The highest BCUT2D eigenvalue weighted by Crippen LogP contribution is 2.34. The second-order valence-electron chi connectivity index (χ2n) is 4.83. The number of hydrogen-bond acceptors (Lipinski definition) is 4. The van der Waals surface area contributed by atoms with Gasteiger partial charge in [0, 0.05) is 0 Å². The van der Waals surface area contributed by atoms with Gasteiger partial charge in [-0.1, -0.05) is 12.1 Å². The second kappa shape index (κ2) is 4.40. The number of tetrazole rings is 1. The Balaban J connectivity index is 1.73. The van der Waals surface area contributed by atoms with Crippen molar-refractivity contribution in [2.75, 3.05) is 0 Å². The zero-order valence-corrected chi connectivity index (χ0v) is 10.6. The molecule has 0 N–H and O–H groups in total. The van der Waals surface area contributed by atoms with Crippen LogP contribution in [0, 0.1) is 13.8 Å². The summed E-state index contributed by atoms with van der Waals surface area (Å²) in [5.41, 5.74) is 2.32. The van der Waals surface area contributed by atoms with Crippen LogP contribution in [0.15, 0.2) is 18.2 Å². The van der Waals surface area contributed by atoms with Crippen LogP contribution in [0.3, 0.4) is 0 Å². The standard InChI is InChI=1S/C13H16N4O/c1-9-3-4-10(2)12(7-9)18-8-13-14-15-16-17(13)11-5-6-11/h3-4,7,11H,5-6,8H2,1-2H3. The Morgan fingerprint density at radius 3 is 2.94 bits per heavy atom. The molecule has 5 nitrogen and oxygen atoms in total. The highest BCUT2D eigenvalue weighted by Gasteiger charge is 2.27. The number of ether oxygens (including phenoxy) is 1. The van der Waals surface area contributed by atoms with Crippen LogP contribution < -0.4 is 4.74 Å². The predicted octanol–water partition coefficient (Wildman–Crippen LogP) is 2.20. The van der Waals surface area contributed by atoms with Gasteiger partial charge in [0.15, 0.2) is 5.82 Å². The molecule has 1 aliphatic carbocycles. The number of benzene rings is 1. The molecule has 0 atom stereocenters. The summed E-state index contributed by atoms with van der Waals surface area (Å²) in [6.07, 6.45) is 2.34. The van der Waals surface area contributed by atoms with E-state index in [0.29, 0.717) is 12.6 Å². The van der Waals surface area contributed by atoms with Crippen molar-refractivity contribution in [2.24, 2.45) is 0 Å². The summed E-state index contributed by atoms with van der Waals surface area (Å²) in [6, 6.07) is 6.67. The molecule has 1 aromatic heterocycles. The summed E-state index contributed by atoms with van der Waals surface area (Å²) in [5.74, 6) is 1.71. The summed E-state index contributed by atoms with van der Waals surface area (Å²) in [6.45, 7) is 4.52. The number of hydrogen-bond donors (Lipinski definition) is 0. The zero-order chi connectivity index (χ0) is 12.5. The van der Waals surface area contributed by atoms with Gasteiger partial charge in [-0.15, -0.1) is 5.10 Å². The number of rotatable bonds is 4. The van der Waals surface area contributed by atoms with Gasteiger partial charge in [-0.3, -0.25) is 0 Å². The first-order chi connectivity index (χ1) is 8.74. The lowest BCUT2D eigenvalue weighted by molar-refractivity contribution is 0.284. The van der Waals surface area contributed by atoms with Gasteiger partial charge in [0.05, 0.1) is 6.04 Å². The third-order valence-electron chi connectivity index (χ3n) is 3.15. The third-order valence-corrected chi connectivity index (χ3v) is 3.15. The molecule has 1 heterocycles. The normalized spacial score (nSPS) is 14.8. The Labute approximate surface area is 106 Å². The summed E-state index contributed by atoms with van der Waals surface area (Å²) in [4.78, 5) is 0. The molecule has 0 spiro atoms. The summed E-state index contributed by atoms with van der Waals surface area (Å²) < 4.78 is 7.70. The fourth-order valence-electron chi connectivity index (χ4n) is 1.92. The average Bonchev–Trinajstić information content (AvgIpc) is 3.10. The molecule has 3 rings (SSSR count). The van der Waals surface area contributed by atoms with E-state index in [1.54, 1.807) is 0 Å². The van der Waals surface area contributed by atoms with E-state index in [2.05, 4.69) is 34.6 Å². The maximum Gasteiger partial charge on any atom is 0.189 e. The van der Waals surface area contributed by atoms with Crippen LogP contribution in [-0.4, -0.2) is 20.2 Å². The lowest BCUT2D eigenvalue weighted by Crippen LogP contribution is -2.07. The lowest BCUT2D eigenvalue weighted by atomic mass is 10.1. The Hall–Kier alpha value is -1.91. The van der Waals surface area contributed by atoms with Gasteiger partial charge in [-0.25, -0.2) is 4.68 Å². The maximum absolute atomic E-state index is 5.82. The van der Waals surface area contributed by atoms with Gasteiger partial charge < -0.3 is 4.74 Å². The van der Waals surface area contributed by atoms with E-state index in [1.165, 1.54) is 18.4 Å². The first-order valence-corrected chi connectivity index (χ1v) is 6.21. The number of aromatic nitrogens is 4. The van der Waals surface area contributed by atoms with E-state index >= 15 is 0 Å². The number of aryl methyl sites for hydroxylation is 2. The second-order valence-corrected chi connectivity index (χ2v) is 4.83. The highest BCUT2D eigenvalue weighted by atomic mass is 16.5. The van der Waals surface area contributed by atoms with Gasteiger partial charge in [0.2, 0.25) is 0 Å². The van der Waals surface area contributed by atoms with E-state index in [9.17, 15) is 0 Å². The summed E-state index contributed by atoms with van der Waals surface area (Å²) in [5, 5.41) is 11.7. The van der Waals surface area contributed by atoms with Crippen molar-refractivity contribution >= 4 is 0 Å². The van der Waals surface area contributed by atoms with Crippen molar-refractivity contribution in [3.63, 3.8) is 0 Å². The van der Waals surface area contributed by atoms with Gasteiger partial charge in [0.1, 0.15) is 12.4 Å². The minimum atomic E-state index is 0.424. The van der Waals surface area contributed by atoms with Crippen molar-refractivity contribution in [2.45, 2.75) is 39.3 Å². The Kier molecular flexibility index (Phi) is 2.74. The minimum Gasteiger partial charge on any atom is -0.485 e. The van der Waals surface area contributed by atoms with Gasteiger partial charge in [-0.2, -0.15) is 0 Å². The molecule has 18 heavy (non-hydrogen) atoms. The third kappa shape index (κ3) is 2.20. The molecule has 0 radical (unpaired) electrons. The Morgan fingerprint density at radius 2 is 2.17 bits per heavy atom.